The molecule has 5 aliphatic carbocycles. The number of hydrogen-bond acceptors (Lipinski definition) is 5. The van der Waals surface area contributed by atoms with Crippen LogP contribution in [-0.2, 0) is 25.7 Å². The van der Waals surface area contributed by atoms with Crippen LogP contribution in [0.2, 0.25) is 0 Å². The Balaban J connectivity index is 1.25. The number of carbonyl (C=O) groups is 3. The van der Waals surface area contributed by atoms with Crippen molar-refractivity contribution in [1.82, 2.24) is 5.32 Å². The molecule has 6 rings (SSSR count). The van der Waals surface area contributed by atoms with Crippen LogP contribution in [0.1, 0.15) is 132 Å². The van der Waals surface area contributed by atoms with Crippen molar-refractivity contribution in [3.05, 3.63) is 42.0 Å². The molecule has 5 saturated carbocycles. The molecule has 0 unspecified atom stereocenters. The van der Waals surface area contributed by atoms with Crippen LogP contribution in [-0.4, -0.2) is 36.2 Å². The van der Waals surface area contributed by atoms with E-state index in [1.165, 1.54) is 5.57 Å². The number of fused-ring (bicyclic) bond motifs is 7. The molecule has 2 N–H and O–H groups in total. The summed E-state index contributed by atoms with van der Waals surface area (Å²) in [6, 6.07) is 7.96. The molecule has 1 amide bonds. The van der Waals surface area contributed by atoms with Gasteiger partial charge in [0.15, 0.2) is 0 Å². The van der Waals surface area contributed by atoms with Gasteiger partial charge in [0.05, 0.1) is 24.4 Å². The zero-order valence-electron chi connectivity index (χ0n) is 33.0. The Labute approximate surface area is 307 Å². The van der Waals surface area contributed by atoms with E-state index in [-0.39, 0.29) is 51.4 Å². The number of carboxylic acids is 1. The van der Waals surface area contributed by atoms with E-state index in [4.69, 9.17) is 9.47 Å². The minimum atomic E-state index is -1.15. The monoisotopic (exact) mass is 703 g/mol. The van der Waals surface area contributed by atoms with Crippen molar-refractivity contribution in [3.63, 3.8) is 0 Å². The zero-order chi connectivity index (χ0) is 37.4. The van der Waals surface area contributed by atoms with Gasteiger partial charge in [-0.15, -0.1) is 0 Å². The van der Waals surface area contributed by atoms with Crippen molar-refractivity contribution in [2.45, 2.75) is 139 Å². The second-order valence-electron chi connectivity index (χ2n) is 19.5. The third-order valence-electron chi connectivity index (χ3n) is 16.5. The molecule has 0 spiro atoms. The number of rotatable bonds is 9. The normalized spacial score (nSPS) is 39.7. The average molecular weight is 704 g/mol. The van der Waals surface area contributed by atoms with Gasteiger partial charge in [0.25, 0.3) is 0 Å². The summed E-state index contributed by atoms with van der Waals surface area (Å²) in [5.74, 6) is 1.69. The molecule has 0 aromatic heterocycles. The summed E-state index contributed by atoms with van der Waals surface area (Å²) in [6.07, 6.45) is 9.95. The Bertz CT molecular complexity index is 1560. The van der Waals surface area contributed by atoms with E-state index in [2.05, 4.69) is 53.4 Å². The molecule has 282 valence electrons. The van der Waals surface area contributed by atoms with Gasteiger partial charge in [-0.3, -0.25) is 14.4 Å². The highest BCUT2D eigenvalue weighted by Crippen LogP contribution is 2.77. The SMILES string of the molecule is C=C(C)[C@@H]1CC[C@]2(C(=O)NCc3ccccc3OC)CC[C@]3(C)[C@H](CC[C@@H]4[C@@]5(C)CC[C@H](OC(=O)CC(C)(C)C(=O)O)C(C)(C)[C@@H]5CC[C@]43C)[C@@H]12. The average Bonchev–Trinajstić information content (AvgIpc) is 3.46. The summed E-state index contributed by atoms with van der Waals surface area (Å²) < 4.78 is 11.8. The first-order valence-electron chi connectivity index (χ1n) is 19.8. The largest absolute Gasteiger partial charge is 0.496 e. The van der Waals surface area contributed by atoms with Crippen molar-refractivity contribution >= 4 is 17.8 Å². The molecule has 51 heavy (non-hydrogen) atoms. The number of ether oxygens (including phenoxy) is 2. The van der Waals surface area contributed by atoms with Gasteiger partial charge < -0.3 is 19.9 Å². The smallest absolute Gasteiger partial charge is 0.309 e. The highest BCUT2D eigenvalue weighted by Gasteiger charge is 2.72. The molecule has 7 nitrogen and oxygen atoms in total. The molecule has 0 radical (unpaired) electrons. The fourth-order valence-corrected chi connectivity index (χ4v) is 13.6. The molecule has 7 heteroatoms. The topological polar surface area (TPSA) is 102 Å². The number of para-hydroxylation sites is 1. The molecule has 5 fully saturated rings. The Morgan fingerprint density at radius 2 is 1.61 bits per heavy atom. The van der Waals surface area contributed by atoms with E-state index in [1.54, 1.807) is 21.0 Å². The number of carbonyl (C=O) groups excluding carboxylic acids is 2. The molecule has 10 atom stereocenters. The van der Waals surface area contributed by atoms with Crippen LogP contribution in [0.25, 0.3) is 0 Å². The van der Waals surface area contributed by atoms with Crippen LogP contribution in [0.5, 0.6) is 5.75 Å². The predicted octanol–water partition coefficient (Wildman–Crippen LogP) is 9.38. The van der Waals surface area contributed by atoms with Gasteiger partial charge in [-0.1, -0.05) is 65.0 Å². The number of aliphatic carboxylic acids is 1. The zero-order valence-corrected chi connectivity index (χ0v) is 33.0. The van der Waals surface area contributed by atoms with Crippen molar-refractivity contribution in [2.75, 3.05) is 7.11 Å². The van der Waals surface area contributed by atoms with Crippen LogP contribution in [0.4, 0.5) is 0 Å². The third kappa shape index (κ3) is 5.77. The lowest BCUT2D eigenvalue weighted by Gasteiger charge is -2.72. The first kappa shape index (κ1) is 37.9. The fourth-order valence-electron chi connectivity index (χ4n) is 13.6. The van der Waals surface area contributed by atoms with E-state index >= 15 is 0 Å². The minimum Gasteiger partial charge on any atom is -0.496 e. The number of amides is 1. The first-order chi connectivity index (χ1) is 23.8. The van der Waals surface area contributed by atoms with Gasteiger partial charge in [0, 0.05) is 17.5 Å². The molecule has 1 aromatic rings. The standard InChI is InChI=1S/C44H65NO6/c1-27(2)29-17-22-44(37(47)45-26-28-13-11-12-14-31(28)50-10)24-23-42(8)30(36(29)44)15-16-33-41(7)20-19-34(51-35(46)25-39(3,4)38(48)49)40(5,6)32(41)18-21-43(33,42)9/h11-14,29-30,32-34,36H,1,15-26H2,2-10H3,(H,45,47)(H,48,49)/t29-,30+,32-,33+,34-,36+,41-,42+,43+,44-/m0/s1. The fraction of sp³-hybridized carbons (Fsp3) is 0.750. The molecule has 1 aromatic carbocycles. The van der Waals surface area contributed by atoms with Crippen LogP contribution >= 0.6 is 0 Å². The van der Waals surface area contributed by atoms with E-state index < -0.39 is 17.4 Å². The highest BCUT2D eigenvalue weighted by atomic mass is 16.5. The summed E-state index contributed by atoms with van der Waals surface area (Å²) >= 11 is 0. The number of esters is 1. The second-order valence-corrected chi connectivity index (χ2v) is 19.5. The lowest BCUT2D eigenvalue weighted by atomic mass is 9.32. The number of carboxylic acid groups (broad SMARTS) is 1. The molecule has 5 aliphatic rings. The number of methoxy groups -OCH3 is 1. The molecule has 0 saturated heterocycles. The van der Waals surface area contributed by atoms with E-state index in [0.717, 1.165) is 75.5 Å². The Morgan fingerprint density at radius 3 is 2.27 bits per heavy atom. The molecule has 0 bridgehead atoms. The number of allylic oxidation sites excluding steroid dienone is 1. The van der Waals surface area contributed by atoms with Gasteiger partial charge in [-0.25, -0.2) is 0 Å². The summed E-state index contributed by atoms with van der Waals surface area (Å²) in [5, 5.41) is 13.0. The summed E-state index contributed by atoms with van der Waals surface area (Å²) in [5.41, 5.74) is 0.841. The van der Waals surface area contributed by atoms with Gasteiger partial charge >= 0.3 is 11.9 Å². The summed E-state index contributed by atoms with van der Waals surface area (Å²) in [4.78, 5) is 39.4. The van der Waals surface area contributed by atoms with Crippen molar-refractivity contribution in [2.24, 2.45) is 62.1 Å². The minimum absolute atomic E-state index is 0.106. The van der Waals surface area contributed by atoms with Crippen LogP contribution < -0.4 is 10.1 Å². The maximum absolute atomic E-state index is 14.6. The van der Waals surface area contributed by atoms with Crippen LogP contribution in [0.15, 0.2) is 36.4 Å². The lowest BCUT2D eigenvalue weighted by molar-refractivity contribution is -0.249. The van der Waals surface area contributed by atoms with E-state index in [0.29, 0.717) is 30.2 Å². The van der Waals surface area contributed by atoms with Gasteiger partial charge in [0.2, 0.25) is 5.91 Å². The van der Waals surface area contributed by atoms with Crippen molar-refractivity contribution in [1.29, 1.82) is 0 Å². The third-order valence-corrected chi connectivity index (χ3v) is 16.5. The summed E-state index contributed by atoms with van der Waals surface area (Å²) in [7, 11) is 1.68. The Kier molecular flexibility index (Phi) is 9.61. The molecule has 0 aliphatic heterocycles. The lowest BCUT2D eigenvalue weighted by Crippen LogP contribution is -2.67. The number of hydrogen-bond donors (Lipinski definition) is 2. The summed E-state index contributed by atoms with van der Waals surface area (Å²) in [6.45, 7) is 22.7. The van der Waals surface area contributed by atoms with Crippen molar-refractivity contribution < 1.29 is 29.0 Å². The molecular formula is C44H65NO6. The van der Waals surface area contributed by atoms with Gasteiger partial charge in [0.1, 0.15) is 11.9 Å². The van der Waals surface area contributed by atoms with Crippen LogP contribution in [0, 0.1) is 62.1 Å². The predicted molar refractivity (Wildman–Crippen MR) is 200 cm³/mol. The molecule has 0 heterocycles. The Hall–Kier alpha value is -2.83. The van der Waals surface area contributed by atoms with Gasteiger partial charge in [-0.2, -0.15) is 0 Å². The number of benzene rings is 1. The quantitative estimate of drug-likeness (QED) is 0.196. The van der Waals surface area contributed by atoms with Crippen molar-refractivity contribution in [3.8, 4) is 5.75 Å². The highest BCUT2D eigenvalue weighted by molar-refractivity contribution is 5.84. The van der Waals surface area contributed by atoms with E-state index in [9.17, 15) is 19.5 Å². The maximum Gasteiger partial charge on any atom is 0.309 e. The number of nitrogens with one attached hydrogen (secondary N) is 1. The molecular weight excluding hydrogens is 638 g/mol. The maximum atomic E-state index is 14.6. The van der Waals surface area contributed by atoms with Crippen LogP contribution in [0.3, 0.4) is 0 Å². The van der Waals surface area contributed by atoms with Gasteiger partial charge in [-0.05, 0) is 137 Å². The first-order valence-corrected chi connectivity index (χ1v) is 19.8. The van der Waals surface area contributed by atoms with E-state index in [1.807, 2.05) is 24.3 Å². The second kappa shape index (κ2) is 12.9. The Morgan fingerprint density at radius 1 is 0.902 bits per heavy atom.